The van der Waals surface area contributed by atoms with Crippen LogP contribution >= 0.6 is 11.6 Å². The molecule has 0 atom stereocenters. The van der Waals surface area contributed by atoms with Gasteiger partial charge in [0.1, 0.15) is 5.82 Å². The molecular weight excluding hydrogens is 243 g/mol. The molecule has 0 saturated carbocycles. The fourth-order valence-electron chi connectivity index (χ4n) is 1.46. The number of hydrogen-bond acceptors (Lipinski definition) is 2. The molecule has 0 amide bonds. The molecule has 0 aliphatic carbocycles. The summed E-state index contributed by atoms with van der Waals surface area (Å²) >= 11 is 5.68. The molecule has 88 valence electrons. The van der Waals surface area contributed by atoms with Crippen LogP contribution in [0.3, 0.4) is 0 Å². The van der Waals surface area contributed by atoms with Crippen LogP contribution in [0.25, 0.3) is 11.4 Å². The minimum absolute atomic E-state index is 0.00313. The molecule has 0 saturated heterocycles. The summed E-state index contributed by atoms with van der Waals surface area (Å²) in [5, 5.41) is 0.00313. The monoisotopic (exact) mass is 252 g/mol. The lowest BCUT2D eigenvalue weighted by Crippen LogP contribution is -2.14. The Kier molecular flexibility index (Phi) is 2.98. The van der Waals surface area contributed by atoms with E-state index in [0.717, 1.165) is 0 Å². The predicted octanol–water partition coefficient (Wildman–Crippen LogP) is 2.85. The van der Waals surface area contributed by atoms with Crippen LogP contribution in [0.5, 0.6) is 0 Å². The third-order valence-corrected chi connectivity index (χ3v) is 2.89. The summed E-state index contributed by atoms with van der Waals surface area (Å²) < 4.78 is 13.8. The van der Waals surface area contributed by atoms with Gasteiger partial charge in [-0.3, -0.25) is 4.79 Å². The van der Waals surface area contributed by atoms with Crippen molar-refractivity contribution < 1.29 is 4.39 Å². The fourth-order valence-corrected chi connectivity index (χ4v) is 1.63. The van der Waals surface area contributed by atoms with Crippen molar-refractivity contribution in [2.75, 3.05) is 0 Å². The van der Waals surface area contributed by atoms with Gasteiger partial charge in [0.05, 0.1) is 10.6 Å². The zero-order chi connectivity index (χ0) is 12.6. The third kappa shape index (κ3) is 2.08. The van der Waals surface area contributed by atoms with Gasteiger partial charge in [0.25, 0.3) is 5.56 Å². The second kappa shape index (κ2) is 4.30. The first kappa shape index (κ1) is 11.8. The third-order valence-electron chi connectivity index (χ3n) is 2.60. The number of nitrogens with one attached hydrogen (secondary N) is 1. The second-order valence-corrected chi connectivity index (χ2v) is 4.13. The van der Waals surface area contributed by atoms with Crippen LogP contribution in [0.1, 0.15) is 11.3 Å². The Labute approximate surface area is 102 Å². The lowest BCUT2D eigenvalue weighted by molar-refractivity contribution is 0.630. The lowest BCUT2D eigenvalue weighted by atomic mass is 10.2. The first-order valence-corrected chi connectivity index (χ1v) is 5.40. The number of rotatable bonds is 1. The molecule has 0 unspecified atom stereocenters. The number of halogens is 2. The summed E-state index contributed by atoms with van der Waals surface area (Å²) in [6, 6.07) is 4.57. The Morgan fingerprint density at radius 2 is 2.06 bits per heavy atom. The SMILES string of the molecule is Cc1nc(-c2cccc(Cl)c2F)[nH]c(=O)c1C. The van der Waals surface area contributed by atoms with Gasteiger partial charge in [0.2, 0.25) is 0 Å². The molecule has 0 fully saturated rings. The van der Waals surface area contributed by atoms with Gasteiger partial charge < -0.3 is 4.98 Å². The number of aryl methyl sites for hydroxylation is 1. The van der Waals surface area contributed by atoms with E-state index in [-0.39, 0.29) is 22.0 Å². The van der Waals surface area contributed by atoms with Crippen LogP contribution in [0.4, 0.5) is 4.39 Å². The van der Waals surface area contributed by atoms with Gasteiger partial charge in [0, 0.05) is 11.3 Å². The van der Waals surface area contributed by atoms with E-state index >= 15 is 0 Å². The maximum atomic E-state index is 13.8. The van der Waals surface area contributed by atoms with Crippen LogP contribution in [-0.2, 0) is 0 Å². The summed E-state index contributed by atoms with van der Waals surface area (Å²) in [5.74, 6) is -0.390. The maximum absolute atomic E-state index is 13.8. The molecule has 5 heteroatoms. The Morgan fingerprint density at radius 1 is 1.35 bits per heavy atom. The van der Waals surface area contributed by atoms with Crippen LogP contribution in [0.15, 0.2) is 23.0 Å². The quantitative estimate of drug-likeness (QED) is 0.848. The molecule has 3 nitrogen and oxygen atoms in total. The number of aromatic amines is 1. The van der Waals surface area contributed by atoms with Crippen LogP contribution in [-0.4, -0.2) is 9.97 Å². The van der Waals surface area contributed by atoms with Crippen molar-refractivity contribution in [3.05, 3.63) is 50.7 Å². The molecule has 2 rings (SSSR count). The van der Waals surface area contributed by atoms with Crippen molar-refractivity contribution in [3.8, 4) is 11.4 Å². The van der Waals surface area contributed by atoms with E-state index in [9.17, 15) is 9.18 Å². The van der Waals surface area contributed by atoms with E-state index in [4.69, 9.17) is 11.6 Å². The van der Waals surface area contributed by atoms with Gasteiger partial charge in [-0.25, -0.2) is 9.37 Å². The van der Waals surface area contributed by atoms with Gasteiger partial charge in [-0.1, -0.05) is 17.7 Å². The van der Waals surface area contributed by atoms with Crippen LogP contribution < -0.4 is 5.56 Å². The molecule has 1 heterocycles. The fraction of sp³-hybridized carbons (Fsp3) is 0.167. The molecular formula is C12H10ClFN2O. The van der Waals surface area contributed by atoms with Crippen molar-refractivity contribution in [2.24, 2.45) is 0 Å². The smallest absolute Gasteiger partial charge is 0.254 e. The Hall–Kier alpha value is -1.68. The molecule has 1 N–H and O–H groups in total. The summed E-state index contributed by atoms with van der Waals surface area (Å²) in [6.45, 7) is 3.37. The Bertz CT molecular complexity index is 637. The Balaban J connectivity index is 2.70. The molecule has 0 bridgehead atoms. The van der Waals surface area contributed by atoms with E-state index in [2.05, 4.69) is 9.97 Å². The summed E-state index contributed by atoms with van der Waals surface area (Å²) in [6.07, 6.45) is 0. The van der Waals surface area contributed by atoms with Crippen molar-refractivity contribution in [1.82, 2.24) is 9.97 Å². The molecule has 1 aromatic heterocycles. The highest BCUT2D eigenvalue weighted by Crippen LogP contribution is 2.24. The summed E-state index contributed by atoms with van der Waals surface area (Å²) in [5.41, 5.74) is 1.02. The van der Waals surface area contributed by atoms with E-state index in [1.165, 1.54) is 12.1 Å². The zero-order valence-electron chi connectivity index (χ0n) is 9.34. The number of aromatic nitrogens is 2. The van der Waals surface area contributed by atoms with Gasteiger partial charge >= 0.3 is 0 Å². The molecule has 17 heavy (non-hydrogen) atoms. The number of H-pyrrole nitrogens is 1. The van der Waals surface area contributed by atoms with E-state index in [1.807, 2.05) is 0 Å². The topological polar surface area (TPSA) is 45.8 Å². The van der Waals surface area contributed by atoms with Crippen LogP contribution in [0.2, 0.25) is 5.02 Å². The van der Waals surface area contributed by atoms with Crippen molar-refractivity contribution in [2.45, 2.75) is 13.8 Å². The standard InChI is InChI=1S/C12H10ClFN2O/c1-6-7(2)15-11(16-12(6)17)8-4-3-5-9(13)10(8)14/h3-5H,1-2H3,(H,15,16,17). The van der Waals surface area contributed by atoms with Gasteiger partial charge in [0.15, 0.2) is 5.82 Å². The normalized spacial score (nSPS) is 10.6. The number of nitrogens with zero attached hydrogens (tertiary/aromatic N) is 1. The van der Waals surface area contributed by atoms with Gasteiger partial charge in [-0.05, 0) is 26.0 Å². The average molecular weight is 253 g/mol. The average Bonchev–Trinajstić information content (AvgIpc) is 2.29. The van der Waals surface area contributed by atoms with Gasteiger partial charge in [-0.15, -0.1) is 0 Å². The maximum Gasteiger partial charge on any atom is 0.254 e. The first-order chi connectivity index (χ1) is 8.00. The van der Waals surface area contributed by atoms with Crippen molar-refractivity contribution in [1.29, 1.82) is 0 Å². The molecule has 0 aliphatic heterocycles. The minimum Gasteiger partial charge on any atom is -0.306 e. The largest absolute Gasteiger partial charge is 0.306 e. The highest BCUT2D eigenvalue weighted by molar-refractivity contribution is 6.31. The zero-order valence-corrected chi connectivity index (χ0v) is 10.1. The van der Waals surface area contributed by atoms with E-state index in [1.54, 1.807) is 19.9 Å². The lowest BCUT2D eigenvalue weighted by Gasteiger charge is -2.06. The van der Waals surface area contributed by atoms with E-state index in [0.29, 0.717) is 11.3 Å². The molecule has 0 spiro atoms. The van der Waals surface area contributed by atoms with Crippen molar-refractivity contribution >= 4 is 11.6 Å². The second-order valence-electron chi connectivity index (χ2n) is 3.73. The van der Waals surface area contributed by atoms with Gasteiger partial charge in [-0.2, -0.15) is 0 Å². The number of hydrogen-bond donors (Lipinski definition) is 1. The molecule has 2 aromatic rings. The summed E-state index contributed by atoms with van der Waals surface area (Å²) in [4.78, 5) is 18.3. The molecule has 1 aromatic carbocycles. The predicted molar refractivity (Wildman–Crippen MR) is 64.7 cm³/mol. The molecule has 0 radical (unpaired) electrons. The minimum atomic E-state index is -0.583. The van der Waals surface area contributed by atoms with E-state index < -0.39 is 5.82 Å². The highest BCUT2D eigenvalue weighted by Gasteiger charge is 2.12. The first-order valence-electron chi connectivity index (χ1n) is 5.02. The van der Waals surface area contributed by atoms with Crippen molar-refractivity contribution in [3.63, 3.8) is 0 Å². The Morgan fingerprint density at radius 3 is 2.71 bits per heavy atom. The highest BCUT2D eigenvalue weighted by atomic mass is 35.5. The number of benzene rings is 1. The summed E-state index contributed by atoms with van der Waals surface area (Å²) in [7, 11) is 0. The van der Waals surface area contributed by atoms with Crippen LogP contribution in [0, 0.1) is 19.7 Å². The molecule has 0 aliphatic rings.